The van der Waals surface area contributed by atoms with Crippen molar-refractivity contribution in [1.82, 2.24) is 4.90 Å². The molecule has 1 unspecified atom stereocenters. The quantitative estimate of drug-likeness (QED) is 0.885. The van der Waals surface area contributed by atoms with E-state index >= 15 is 0 Å². The number of ether oxygens (including phenoxy) is 1. The fourth-order valence-corrected chi connectivity index (χ4v) is 3.66. The zero-order chi connectivity index (χ0) is 14.1. The van der Waals surface area contributed by atoms with E-state index in [0.717, 1.165) is 36.8 Å². The van der Waals surface area contributed by atoms with Crippen LogP contribution < -0.4 is 11.1 Å². The van der Waals surface area contributed by atoms with Gasteiger partial charge in [0.25, 0.3) is 0 Å². The van der Waals surface area contributed by atoms with E-state index in [9.17, 15) is 0 Å². The third-order valence-electron chi connectivity index (χ3n) is 3.90. The van der Waals surface area contributed by atoms with E-state index in [1.165, 1.54) is 24.2 Å². The fourth-order valence-electron chi connectivity index (χ4n) is 2.65. The molecule has 108 valence electrons. The molecule has 2 fully saturated rings. The van der Waals surface area contributed by atoms with Gasteiger partial charge in [0, 0.05) is 25.2 Å². The van der Waals surface area contributed by atoms with E-state index in [0.29, 0.717) is 16.5 Å². The lowest BCUT2D eigenvalue weighted by Crippen LogP contribution is -2.43. The normalized spacial score (nSPS) is 23.5. The number of rotatable bonds is 4. The Bertz CT molecular complexity index is 532. The largest absolute Gasteiger partial charge is 0.397 e. The molecule has 20 heavy (non-hydrogen) atoms. The number of morpholine rings is 1. The van der Waals surface area contributed by atoms with Gasteiger partial charge in [-0.2, -0.15) is 5.26 Å². The number of thiophene rings is 1. The molecule has 1 aromatic heterocycles. The maximum absolute atomic E-state index is 9.13. The number of nitrogens with zero attached hydrogens (tertiary/aromatic N) is 2. The van der Waals surface area contributed by atoms with Crippen LogP contribution in [0, 0.1) is 11.3 Å². The van der Waals surface area contributed by atoms with E-state index in [-0.39, 0.29) is 6.10 Å². The molecule has 2 aliphatic rings. The molecule has 5 nitrogen and oxygen atoms in total. The van der Waals surface area contributed by atoms with Gasteiger partial charge in [-0.1, -0.05) is 0 Å². The van der Waals surface area contributed by atoms with Crippen molar-refractivity contribution in [2.45, 2.75) is 24.9 Å². The van der Waals surface area contributed by atoms with Crippen molar-refractivity contribution in [3.05, 3.63) is 10.4 Å². The Morgan fingerprint density at radius 2 is 2.35 bits per heavy atom. The zero-order valence-corrected chi connectivity index (χ0v) is 12.5. The maximum atomic E-state index is 9.13. The molecule has 1 atom stereocenters. The van der Waals surface area contributed by atoms with Crippen molar-refractivity contribution in [1.29, 1.82) is 5.26 Å². The SMILES string of the molecule is CN1CCOC(CNc2sc(C#N)c(N)c2C2CC2)C1. The van der Waals surface area contributed by atoms with Gasteiger partial charge in [0.15, 0.2) is 0 Å². The van der Waals surface area contributed by atoms with E-state index in [1.54, 1.807) is 0 Å². The summed E-state index contributed by atoms with van der Waals surface area (Å²) in [6, 6.07) is 2.20. The first-order valence-electron chi connectivity index (χ1n) is 7.05. The summed E-state index contributed by atoms with van der Waals surface area (Å²) in [5, 5.41) is 13.7. The minimum atomic E-state index is 0.203. The Kier molecular flexibility index (Phi) is 3.83. The number of hydrogen-bond acceptors (Lipinski definition) is 6. The van der Waals surface area contributed by atoms with Crippen LogP contribution in [-0.4, -0.2) is 44.3 Å². The molecule has 3 rings (SSSR count). The summed E-state index contributed by atoms with van der Waals surface area (Å²) in [6.45, 7) is 3.50. The van der Waals surface area contributed by atoms with Gasteiger partial charge in [0.1, 0.15) is 10.9 Å². The Morgan fingerprint density at radius 3 is 3.00 bits per heavy atom. The summed E-state index contributed by atoms with van der Waals surface area (Å²) in [4.78, 5) is 2.91. The van der Waals surface area contributed by atoms with Crippen LogP contribution in [0.1, 0.15) is 29.2 Å². The number of nitrogens with two attached hydrogens (primary N) is 1. The molecule has 0 spiro atoms. The summed E-state index contributed by atoms with van der Waals surface area (Å²) in [7, 11) is 2.11. The third kappa shape index (κ3) is 2.75. The highest BCUT2D eigenvalue weighted by Crippen LogP contribution is 2.50. The minimum absolute atomic E-state index is 0.203. The molecule has 1 aliphatic carbocycles. The first kappa shape index (κ1) is 13.7. The first-order chi connectivity index (χ1) is 9.69. The molecule has 0 aromatic carbocycles. The van der Waals surface area contributed by atoms with Crippen LogP contribution in [0.5, 0.6) is 0 Å². The first-order valence-corrected chi connectivity index (χ1v) is 7.87. The van der Waals surface area contributed by atoms with Crippen molar-refractivity contribution in [2.75, 3.05) is 44.3 Å². The molecule has 1 saturated carbocycles. The van der Waals surface area contributed by atoms with Gasteiger partial charge in [-0.15, -0.1) is 11.3 Å². The summed E-state index contributed by atoms with van der Waals surface area (Å²) < 4.78 is 5.75. The van der Waals surface area contributed by atoms with E-state index < -0.39 is 0 Å². The monoisotopic (exact) mass is 292 g/mol. The van der Waals surface area contributed by atoms with Gasteiger partial charge in [0.05, 0.1) is 23.4 Å². The number of nitrogens with one attached hydrogen (secondary N) is 1. The number of anilines is 2. The Hall–Kier alpha value is -1.29. The molecular formula is C14H20N4OS. The van der Waals surface area contributed by atoms with Crippen LogP contribution in [0.2, 0.25) is 0 Å². The molecule has 0 amide bonds. The molecule has 0 bridgehead atoms. The number of hydrogen-bond donors (Lipinski definition) is 2. The maximum Gasteiger partial charge on any atom is 0.130 e. The highest BCUT2D eigenvalue weighted by Gasteiger charge is 2.31. The van der Waals surface area contributed by atoms with Gasteiger partial charge in [-0.3, -0.25) is 0 Å². The number of likely N-dealkylation sites (N-methyl/N-ethyl adjacent to an activating group) is 1. The van der Waals surface area contributed by atoms with Crippen molar-refractivity contribution in [3.63, 3.8) is 0 Å². The molecule has 2 heterocycles. The minimum Gasteiger partial charge on any atom is -0.397 e. The van der Waals surface area contributed by atoms with Gasteiger partial charge < -0.3 is 20.7 Å². The number of nitriles is 1. The fraction of sp³-hybridized carbons (Fsp3) is 0.643. The Balaban J connectivity index is 1.69. The van der Waals surface area contributed by atoms with Gasteiger partial charge >= 0.3 is 0 Å². The highest BCUT2D eigenvalue weighted by atomic mass is 32.1. The van der Waals surface area contributed by atoms with Crippen molar-refractivity contribution >= 4 is 22.0 Å². The van der Waals surface area contributed by atoms with Crippen LogP contribution in [-0.2, 0) is 4.74 Å². The summed E-state index contributed by atoms with van der Waals surface area (Å²) in [5.41, 5.74) is 7.94. The Labute approximate surface area is 123 Å². The van der Waals surface area contributed by atoms with Gasteiger partial charge in [-0.05, 0) is 25.8 Å². The standard InChI is InChI=1S/C14H20N4OS/c1-18-4-5-19-10(8-18)7-17-14-12(9-2-3-9)13(16)11(6-15)20-14/h9-10,17H,2-5,7-8,16H2,1H3. The summed E-state index contributed by atoms with van der Waals surface area (Å²) in [5.74, 6) is 0.547. The predicted octanol–water partition coefficient (Wildman–Crippen LogP) is 1.82. The van der Waals surface area contributed by atoms with Crippen LogP contribution in [0.4, 0.5) is 10.7 Å². The second kappa shape index (κ2) is 5.60. The second-order valence-corrected chi connectivity index (χ2v) is 6.63. The molecular weight excluding hydrogens is 272 g/mol. The van der Waals surface area contributed by atoms with Crippen molar-refractivity contribution in [3.8, 4) is 6.07 Å². The topological polar surface area (TPSA) is 74.3 Å². The summed E-state index contributed by atoms with van der Waals surface area (Å²) in [6.07, 6.45) is 2.57. The summed E-state index contributed by atoms with van der Waals surface area (Å²) >= 11 is 1.48. The average Bonchev–Trinajstić information content (AvgIpc) is 3.21. The third-order valence-corrected chi connectivity index (χ3v) is 4.99. The van der Waals surface area contributed by atoms with Gasteiger partial charge in [0.2, 0.25) is 0 Å². The van der Waals surface area contributed by atoms with Crippen LogP contribution in [0.3, 0.4) is 0 Å². The number of nitrogen functional groups attached to an aromatic ring is 1. The second-order valence-electron chi connectivity index (χ2n) is 5.61. The van der Waals surface area contributed by atoms with Crippen molar-refractivity contribution < 1.29 is 4.74 Å². The average molecular weight is 292 g/mol. The lowest BCUT2D eigenvalue weighted by atomic mass is 10.1. The molecule has 6 heteroatoms. The smallest absolute Gasteiger partial charge is 0.130 e. The lowest BCUT2D eigenvalue weighted by Gasteiger charge is -2.30. The van der Waals surface area contributed by atoms with E-state index in [4.69, 9.17) is 15.7 Å². The van der Waals surface area contributed by atoms with E-state index in [1.807, 2.05) is 0 Å². The molecule has 0 radical (unpaired) electrons. The van der Waals surface area contributed by atoms with Crippen LogP contribution in [0.25, 0.3) is 0 Å². The molecule has 1 saturated heterocycles. The Morgan fingerprint density at radius 1 is 1.55 bits per heavy atom. The predicted molar refractivity (Wildman–Crippen MR) is 81.1 cm³/mol. The molecule has 1 aliphatic heterocycles. The highest BCUT2D eigenvalue weighted by molar-refractivity contribution is 7.17. The van der Waals surface area contributed by atoms with Crippen LogP contribution in [0.15, 0.2) is 0 Å². The lowest BCUT2D eigenvalue weighted by molar-refractivity contribution is -0.0116. The molecule has 3 N–H and O–H groups in total. The van der Waals surface area contributed by atoms with E-state index in [2.05, 4.69) is 23.3 Å². The zero-order valence-electron chi connectivity index (χ0n) is 11.7. The van der Waals surface area contributed by atoms with Gasteiger partial charge in [-0.25, -0.2) is 0 Å². The van der Waals surface area contributed by atoms with Crippen molar-refractivity contribution in [2.24, 2.45) is 0 Å². The molecule has 1 aromatic rings. The van der Waals surface area contributed by atoms with Crippen LogP contribution >= 0.6 is 11.3 Å².